The molecule has 0 aliphatic heterocycles. The number of halogens is 1. The minimum absolute atomic E-state index is 0.194. The number of amides is 1. The van der Waals surface area contributed by atoms with Gasteiger partial charge >= 0.3 is 0 Å². The lowest BCUT2D eigenvalue weighted by atomic mass is 10.1. The fourth-order valence-corrected chi connectivity index (χ4v) is 2.43. The van der Waals surface area contributed by atoms with Crippen molar-refractivity contribution in [2.45, 2.75) is 13.5 Å². The van der Waals surface area contributed by atoms with Crippen molar-refractivity contribution < 1.29 is 4.79 Å². The van der Waals surface area contributed by atoms with Crippen molar-refractivity contribution in [2.24, 2.45) is 0 Å². The summed E-state index contributed by atoms with van der Waals surface area (Å²) in [6.07, 6.45) is 6.51. The molecule has 3 aromatic rings. The van der Waals surface area contributed by atoms with Crippen molar-refractivity contribution in [3.63, 3.8) is 0 Å². The summed E-state index contributed by atoms with van der Waals surface area (Å²) in [7, 11) is 0. The van der Waals surface area contributed by atoms with Gasteiger partial charge < -0.3 is 5.32 Å². The van der Waals surface area contributed by atoms with Crippen LogP contribution in [0, 0.1) is 5.41 Å². The van der Waals surface area contributed by atoms with E-state index in [0.29, 0.717) is 28.6 Å². The molecular formula is C18H16ClN5O. The van der Waals surface area contributed by atoms with Gasteiger partial charge in [0, 0.05) is 29.5 Å². The molecule has 0 unspecified atom stereocenters. The topological polar surface area (TPSA) is 83.1 Å². The maximum Gasteiger partial charge on any atom is 0.247 e. The maximum atomic E-state index is 12.2. The summed E-state index contributed by atoms with van der Waals surface area (Å²) in [6.45, 7) is 2.07. The van der Waals surface area contributed by atoms with Crippen molar-refractivity contribution in [3.8, 4) is 0 Å². The number of hydrogen-bond acceptors (Lipinski definition) is 4. The number of nitrogens with zero attached hydrogens (tertiary/aromatic N) is 3. The summed E-state index contributed by atoms with van der Waals surface area (Å²) in [5.74, 6) is 0.284. The molecule has 6 nitrogen and oxygen atoms in total. The average molecular weight is 354 g/mol. The van der Waals surface area contributed by atoms with Gasteiger partial charge in [-0.05, 0) is 36.8 Å². The third-order valence-corrected chi connectivity index (χ3v) is 3.90. The van der Waals surface area contributed by atoms with Gasteiger partial charge in [0.15, 0.2) is 0 Å². The van der Waals surface area contributed by atoms with E-state index in [1.54, 1.807) is 48.1 Å². The van der Waals surface area contributed by atoms with Gasteiger partial charge in [-0.25, -0.2) is 9.97 Å². The summed E-state index contributed by atoms with van der Waals surface area (Å²) >= 11 is 5.84. The van der Waals surface area contributed by atoms with Gasteiger partial charge in [-0.15, -0.1) is 0 Å². The quantitative estimate of drug-likeness (QED) is 0.546. The molecule has 7 heteroatoms. The number of allylic oxidation sites excluding steroid dienone is 1. The minimum Gasteiger partial charge on any atom is -0.348 e. The maximum absolute atomic E-state index is 12.2. The zero-order valence-corrected chi connectivity index (χ0v) is 14.3. The lowest BCUT2D eigenvalue weighted by molar-refractivity contribution is -0.117. The minimum atomic E-state index is -0.230. The SMILES string of the molecule is C/C(=C/C(=N)c1cnc2ncccn12)C(=O)NCc1ccc(Cl)cc1. The fraction of sp³-hybridized carbons (Fsp3) is 0.111. The highest BCUT2D eigenvalue weighted by Crippen LogP contribution is 2.10. The predicted octanol–water partition coefficient (Wildman–Crippen LogP) is 3.01. The Labute approximate surface area is 149 Å². The van der Waals surface area contributed by atoms with Gasteiger partial charge in [0.25, 0.3) is 0 Å². The van der Waals surface area contributed by atoms with Crippen LogP contribution in [0.5, 0.6) is 0 Å². The summed E-state index contributed by atoms with van der Waals surface area (Å²) in [4.78, 5) is 20.5. The van der Waals surface area contributed by atoms with Gasteiger partial charge in [-0.1, -0.05) is 23.7 Å². The van der Waals surface area contributed by atoms with Crippen LogP contribution in [0.2, 0.25) is 5.02 Å². The lowest BCUT2D eigenvalue weighted by Crippen LogP contribution is -2.24. The van der Waals surface area contributed by atoms with E-state index in [2.05, 4.69) is 15.3 Å². The molecule has 1 amide bonds. The molecule has 2 aromatic heterocycles. The third kappa shape index (κ3) is 3.92. The fourth-order valence-electron chi connectivity index (χ4n) is 2.31. The van der Waals surface area contributed by atoms with Crippen LogP contribution in [0.3, 0.4) is 0 Å². The zero-order chi connectivity index (χ0) is 17.8. The Bertz CT molecular complexity index is 959. The number of hydrogen-bond donors (Lipinski definition) is 2. The molecule has 0 aliphatic carbocycles. The smallest absolute Gasteiger partial charge is 0.247 e. The molecule has 1 aromatic carbocycles. The van der Waals surface area contributed by atoms with Crippen LogP contribution in [0.1, 0.15) is 18.2 Å². The van der Waals surface area contributed by atoms with Gasteiger partial charge in [-0.2, -0.15) is 0 Å². The highest BCUT2D eigenvalue weighted by Gasteiger charge is 2.10. The zero-order valence-electron chi connectivity index (χ0n) is 13.5. The Morgan fingerprint density at radius 3 is 2.84 bits per heavy atom. The number of rotatable bonds is 5. The molecule has 2 heterocycles. The van der Waals surface area contributed by atoms with Crippen molar-refractivity contribution in [1.82, 2.24) is 19.7 Å². The summed E-state index contributed by atoms with van der Waals surface area (Å²) < 4.78 is 1.71. The van der Waals surface area contributed by atoms with Crippen LogP contribution < -0.4 is 5.32 Å². The Balaban J connectivity index is 1.68. The van der Waals surface area contributed by atoms with Crippen molar-refractivity contribution in [3.05, 3.63) is 76.9 Å². The number of fused-ring (bicyclic) bond motifs is 1. The van der Waals surface area contributed by atoms with Crippen LogP contribution in [-0.4, -0.2) is 26.0 Å². The highest BCUT2D eigenvalue weighted by molar-refractivity contribution is 6.30. The number of carbonyl (C=O) groups is 1. The van der Waals surface area contributed by atoms with E-state index in [-0.39, 0.29) is 11.6 Å². The second-order valence-electron chi connectivity index (χ2n) is 5.48. The van der Waals surface area contributed by atoms with Gasteiger partial charge in [0.05, 0.1) is 17.6 Å². The first-order valence-corrected chi connectivity index (χ1v) is 8.00. The van der Waals surface area contributed by atoms with E-state index in [0.717, 1.165) is 5.56 Å². The van der Waals surface area contributed by atoms with Crippen molar-refractivity contribution >= 4 is 29.0 Å². The van der Waals surface area contributed by atoms with Crippen LogP contribution in [-0.2, 0) is 11.3 Å². The van der Waals surface area contributed by atoms with E-state index < -0.39 is 0 Å². The van der Waals surface area contributed by atoms with E-state index in [4.69, 9.17) is 17.0 Å². The molecule has 2 N–H and O–H groups in total. The first-order valence-electron chi connectivity index (χ1n) is 7.62. The first kappa shape index (κ1) is 16.9. The standard InChI is InChI=1S/C18H16ClN5O/c1-12(17(25)22-10-13-3-5-14(19)6-4-13)9-15(20)16-11-23-18-21-7-2-8-24(16)18/h2-9,11,20H,10H2,1H3,(H,22,25)/b12-9-,20-15?. The number of aromatic nitrogens is 3. The Morgan fingerprint density at radius 2 is 2.08 bits per heavy atom. The van der Waals surface area contributed by atoms with Crippen molar-refractivity contribution in [2.75, 3.05) is 0 Å². The average Bonchev–Trinajstić information content (AvgIpc) is 3.05. The molecule has 0 aliphatic rings. The molecule has 0 fully saturated rings. The molecule has 25 heavy (non-hydrogen) atoms. The van der Waals surface area contributed by atoms with Crippen molar-refractivity contribution in [1.29, 1.82) is 5.41 Å². The van der Waals surface area contributed by atoms with E-state index in [9.17, 15) is 4.79 Å². The first-order chi connectivity index (χ1) is 12.0. The van der Waals surface area contributed by atoms with Crippen LogP contribution in [0.15, 0.2) is 60.6 Å². The summed E-state index contributed by atoms with van der Waals surface area (Å²) in [6, 6.07) is 9.03. The largest absolute Gasteiger partial charge is 0.348 e. The Morgan fingerprint density at radius 1 is 1.32 bits per heavy atom. The molecule has 0 atom stereocenters. The van der Waals surface area contributed by atoms with Gasteiger partial charge in [0.1, 0.15) is 0 Å². The molecule has 0 saturated heterocycles. The van der Waals surface area contributed by atoms with Gasteiger partial charge in [0.2, 0.25) is 11.7 Å². The Hall–Kier alpha value is -2.99. The third-order valence-electron chi connectivity index (χ3n) is 3.65. The van der Waals surface area contributed by atoms with Crippen LogP contribution in [0.4, 0.5) is 0 Å². The van der Waals surface area contributed by atoms with E-state index >= 15 is 0 Å². The number of carbonyl (C=O) groups excluding carboxylic acids is 1. The predicted molar refractivity (Wildman–Crippen MR) is 96.9 cm³/mol. The molecule has 0 saturated carbocycles. The van der Waals surface area contributed by atoms with E-state index in [1.165, 1.54) is 6.08 Å². The summed E-state index contributed by atoms with van der Waals surface area (Å²) in [5.41, 5.74) is 2.17. The van der Waals surface area contributed by atoms with Gasteiger partial charge in [-0.3, -0.25) is 14.6 Å². The second-order valence-corrected chi connectivity index (χ2v) is 5.92. The molecule has 0 bridgehead atoms. The molecular weight excluding hydrogens is 338 g/mol. The number of benzene rings is 1. The lowest BCUT2D eigenvalue weighted by Gasteiger charge is -2.06. The number of imidazole rings is 1. The van der Waals surface area contributed by atoms with Crippen LogP contribution in [0.25, 0.3) is 5.78 Å². The highest BCUT2D eigenvalue weighted by atomic mass is 35.5. The second kappa shape index (κ2) is 7.27. The van der Waals surface area contributed by atoms with Crippen LogP contribution >= 0.6 is 11.6 Å². The summed E-state index contributed by atoms with van der Waals surface area (Å²) in [5, 5.41) is 11.7. The normalized spacial score (nSPS) is 11.5. The van der Waals surface area contributed by atoms with E-state index in [1.807, 2.05) is 12.1 Å². The molecule has 126 valence electrons. The Kier molecular flexibility index (Phi) is 4.90. The molecule has 0 spiro atoms. The monoisotopic (exact) mass is 353 g/mol. The molecule has 0 radical (unpaired) electrons. The molecule has 3 rings (SSSR count). The number of nitrogens with one attached hydrogen (secondary N) is 2.